The van der Waals surface area contributed by atoms with Gasteiger partial charge in [-0.2, -0.15) is 0 Å². The van der Waals surface area contributed by atoms with Gasteiger partial charge >= 0.3 is 49.8 Å². The number of halogens is 2. The van der Waals surface area contributed by atoms with Crippen LogP contribution in [0.15, 0.2) is 0 Å². The second kappa shape index (κ2) is 15.7. The third kappa shape index (κ3) is 15.7. The largest absolute Gasteiger partial charge is 0.147 e. The number of rotatable bonds is 3. The van der Waals surface area contributed by atoms with Crippen LogP contribution >= 0.6 is 24.8 Å². The standard InChI is InChI=1S/C5H11.2ClH.Ga.2H/c1-3-5-4-2;;;;;/h1,3-5H2,2H3;2*1H;;;. The molecule has 0 heterocycles. The van der Waals surface area contributed by atoms with E-state index in [4.69, 9.17) is 0 Å². The molecule has 0 unspecified atom stereocenters. The Labute approximate surface area is 74.5 Å². The predicted octanol–water partition coefficient (Wildman–Crippen LogP) is 2.07. The van der Waals surface area contributed by atoms with Crippen molar-refractivity contribution in [3.63, 3.8) is 0 Å². The van der Waals surface area contributed by atoms with Gasteiger partial charge in [-0.15, -0.1) is 24.8 Å². The van der Waals surface area contributed by atoms with Crippen LogP contribution in [0.5, 0.6) is 0 Å². The summed E-state index contributed by atoms with van der Waals surface area (Å²) in [6.45, 7) is 2.25. The Morgan fingerprint density at radius 1 is 1.12 bits per heavy atom. The molecule has 0 bridgehead atoms. The first-order chi connectivity index (χ1) is 2.91. The Bertz CT molecular complexity index is 22.4. The zero-order valence-corrected chi connectivity index (χ0v) is 11.5. The molecule has 0 fully saturated rings. The molecule has 0 saturated heterocycles. The smallest absolute Gasteiger partial charge is 0.147 e. The zero-order chi connectivity index (χ0) is 4.83. The maximum absolute atomic E-state index is 2.25. The van der Waals surface area contributed by atoms with Crippen LogP contribution in [-0.4, -0.2) is 18.6 Å². The van der Waals surface area contributed by atoms with E-state index in [0.717, 1.165) is 18.6 Å². The van der Waals surface area contributed by atoms with Crippen molar-refractivity contribution in [3.8, 4) is 0 Å². The third-order valence-corrected chi connectivity index (χ3v) is 2.44. The topological polar surface area (TPSA) is 0 Å². The minimum atomic E-state index is 0. The maximum atomic E-state index is 2.25. The average Bonchev–Trinajstić information content (AvgIpc) is 1.61. The van der Waals surface area contributed by atoms with Crippen LogP contribution in [0.25, 0.3) is 0 Å². The first-order valence-electron chi connectivity index (χ1n) is 2.91. The Balaban J connectivity index is -0.000000125. The SMILES string of the molecule is CCCC[CH2][GaH2].Cl.Cl. The summed E-state index contributed by atoms with van der Waals surface area (Å²) >= 11 is 1.11. The second-order valence-electron chi connectivity index (χ2n) is 1.71. The van der Waals surface area contributed by atoms with Crippen molar-refractivity contribution in [2.24, 2.45) is 0 Å². The van der Waals surface area contributed by atoms with Gasteiger partial charge in [-0.3, -0.25) is 0 Å². The molecule has 0 N–H and O–H groups in total. The fourth-order valence-corrected chi connectivity index (χ4v) is 1.55. The molecule has 0 aliphatic heterocycles. The molecule has 0 amide bonds. The van der Waals surface area contributed by atoms with Gasteiger partial charge in [0, 0.05) is 0 Å². The Morgan fingerprint density at radius 3 is 1.75 bits per heavy atom. The molecule has 0 radical (unpaired) electrons. The van der Waals surface area contributed by atoms with Gasteiger partial charge < -0.3 is 0 Å². The Morgan fingerprint density at radius 2 is 1.62 bits per heavy atom. The van der Waals surface area contributed by atoms with Gasteiger partial charge in [0.2, 0.25) is 0 Å². The molecular formula is C5H15Cl2Ga. The molecule has 0 rings (SSSR count). The van der Waals surface area contributed by atoms with E-state index in [0.29, 0.717) is 0 Å². The van der Waals surface area contributed by atoms with E-state index in [2.05, 4.69) is 6.92 Å². The van der Waals surface area contributed by atoms with Crippen molar-refractivity contribution in [2.75, 3.05) is 0 Å². The Kier molecular flexibility index (Phi) is 31.6. The molecule has 0 aliphatic carbocycles. The summed E-state index contributed by atoms with van der Waals surface area (Å²) in [4.78, 5) is 1.54. The van der Waals surface area contributed by atoms with Gasteiger partial charge in [-0.1, -0.05) is 0 Å². The van der Waals surface area contributed by atoms with Crippen molar-refractivity contribution < 1.29 is 0 Å². The number of hydrogen-bond donors (Lipinski definition) is 0. The van der Waals surface area contributed by atoms with Gasteiger partial charge in [0.1, 0.15) is 0 Å². The van der Waals surface area contributed by atoms with E-state index in [-0.39, 0.29) is 24.8 Å². The van der Waals surface area contributed by atoms with E-state index in [1.165, 1.54) is 19.3 Å². The van der Waals surface area contributed by atoms with E-state index < -0.39 is 0 Å². The molecule has 0 aromatic heterocycles. The molecule has 3 heteroatoms. The quantitative estimate of drug-likeness (QED) is 0.500. The van der Waals surface area contributed by atoms with E-state index in [9.17, 15) is 0 Å². The minimum absolute atomic E-state index is 0. The normalized spacial score (nSPS) is 6.62. The first kappa shape index (κ1) is 16.1. The predicted molar refractivity (Wildman–Crippen MR) is 47.4 cm³/mol. The van der Waals surface area contributed by atoms with E-state index >= 15 is 0 Å². The Hall–Kier alpha value is 1.22. The molecule has 52 valence electrons. The summed E-state index contributed by atoms with van der Waals surface area (Å²) in [5, 5.41) is 0. The molecule has 0 atom stereocenters. The molecule has 0 spiro atoms. The monoisotopic (exact) mass is 214 g/mol. The fourth-order valence-electron chi connectivity index (χ4n) is 0.500. The van der Waals surface area contributed by atoms with Gasteiger partial charge in [0.05, 0.1) is 0 Å². The van der Waals surface area contributed by atoms with Gasteiger partial charge in [0.15, 0.2) is 0 Å². The minimum Gasteiger partial charge on any atom is -0.147 e. The maximum Gasteiger partial charge on any atom is -0.147 e. The molecule has 8 heavy (non-hydrogen) atoms. The summed E-state index contributed by atoms with van der Waals surface area (Å²) in [6.07, 6.45) is 4.34. The summed E-state index contributed by atoms with van der Waals surface area (Å²) in [6, 6.07) is 0. The molecule has 0 aromatic rings. The van der Waals surface area contributed by atoms with Crippen molar-refractivity contribution in [3.05, 3.63) is 0 Å². The van der Waals surface area contributed by atoms with Gasteiger partial charge in [-0.25, -0.2) is 0 Å². The third-order valence-electron chi connectivity index (χ3n) is 0.957. The van der Waals surface area contributed by atoms with Crippen LogP contribution in [0.2, 0.25) is 4.98 Å². The average molecular weight is 216 g/mol. The van der Waals surface area contributed by atoms with Crippen LogP contribution in [0.4, 0.5) is 0 Å². The molecule has 0 aliphatic rings. The van der Waals surface area contributed by atoms with Gasteiger partial charge in [-0.05, 0) is 0 Å². The van der Waals surface area contributed by atoms with Crippen LogP contribution in [0.3, 0.4) is 0 Å². The second-order valence-corrected chi connectivity index (χ2v) is 3.81. The summed E-state index contributed by atoms with van der Waals surface area (Å²) < 4.78 is 0. The molecule has 0 aromatic carbocycles. The molecule has 0 saturated carbocycles. The van der Waals surface area contributed by atoms with Crippen molar-refractivity contribution >= 4 is 43.4 Å². The summed E-state index contributed by atoms with van der Waals surface area (Å²) in [5.74, 6) is 0. The van der Waals surface area contributed by atoms with Crippen LogP contribution in [0, 0.1) is 0 Å². The van der Waals surface area contributed by atoms with Crippen molar-refractivity contribution in [1.82, 2.24) is 0 Å². The zero-order valence-electron chi connectivity index (χ0n) is 5.64. The van der Waals surface area contributed by atoms with E-state index in [1.54, 1.807) is 4.98 Å². The van der Waals surface area contributed by atoms with Crippen LogP contribution in [-0.2, 0) is 0 Å². The molecular weight excluding hydrogens is 201 g/mol. The number of unbranched alkanes of at least 4 members (excludes halogenated alkanes) is 2. The van der Waals surface area contributed by atoms with Crippen LogP contribution < -0.4 is 0 Å². The van der Waals surface area contributed by atoms with Gasteiger partial charge in [0.25, 0.3) is 0 Å². The molecule has 0 nitrogen and oxygen atoms in total. The van der Waals surface area contributed by atoms with Crippen molar-refractivity contribution in [1.29, 1.82) is 0 Å². The number of hydrogen-bond acceptors (Lipinski definition) is 0. The fraction of sp³-hybridized carbons (Fsp3) is 1.00. The summed E-state index contributed by atoms with van der Waals surface area (Å²) in [7, 11) is 0. The van der Waals surface area contributed by atoms with E-state index in [1.807, 2.05) is 0 Å². The first-order valence-corrected chi connectivity index (χ1v) is 5.88. The summed E-state index contributed by atoms with van der Waals surface area (Å²) in [5.41, 5.74) is 0. The van der Waals surface area contributed by atoms with Crippen LogP contribution in [0.1, 0.15) is 26.2 Å². The van der Waals surface area contributed by atoms with Crippen molar-refractivity contribution in [2.45, 2.75) is 31.2 Å².